The van der Waals surface area contributed by atoms with Crippen LogP contribution in [0.2, 0.25) is 0 Å². The number of hydrogen-bond acceptors (Lipinski definition) is 6. The van der Waals surface area contributed by atoms with Gasteiger partial charge in [0.25, 0.3) is 0 Å². The first-order valence-corrected chi connectivity index (χ1v) is 13.2. The SMILES string of the molecule is CC(C)S(=O)(=O)c1ccc(-c2nc(-c3cccc(Oc4ccccc4)c3)nn2CCCCO)cc1. The summed E-state index contributed by atoms with van der Waals surface area (Å²) in [6.45, 7) is 4.03. The van der Waals surface area contributed by atoms with Crippen molar-refractivity contribution in [3.63, 3.8) is 0 Å². The minimum atomic E-state index is -3.36. The van der Waals surface area contributed by atoms with E-state index >= 15 is 0 Å². The Kier molecular flexibility index (Phi) is 7.63. The van der Waals surface area contributed by atoms with Crippen LogP contribution in [0.5, 0.6) is 11.5 Å². The highest BCUT2D eigenvalue weighted by Crippen LogP contribution is 2.29. The quantitative estimate of drug-likeness (QED) is 0.300. The van der Waals surface area contributed by atoms with Crippen molar-refractivity contribution in [3.05, 3.63) is 78.9 Å². The van der Waals surface area contributed by atoms with E-state index in [0.29, 0.717) is 30.4 Å². The largest absolute Gasteiger partial charge is 0.457 e. The lowest BCUT2D eigenvalue weighted by molar-refractivity contribution is 0.280. The number of sulfone groups is 1. The van der Waals surface area contributed by atoms with Crippen molar-refractivity contribution >= 4 is 9.84 Å². The fourth-order valence-corrected chi connectivity index (χ4v) is 4.66. The molecule has 1 N–H and O–H groups in total. The molecule has 0 aliphatic carbocycles. The van der Waals surface area contributed by atoms with E-state index in [1.807, 2.05) is 59.3 Å². The van der Waals surface area contributed by atoms with Gasteiger partial charge < -0.3 is 9.84 Å². The molecule has 0 atom stereocenters. The van der Waals surface area contributed by atoms with E-state index in [9.17, 15) is 13.5 Å². The van der Waals surface area contributed by atoms with E-state index in [0.717, 1.165) is 23.3 Å². The molecule has 0 fully saturated rings. The maximum atomic E-state index is 12.5. The van der Waals surface area contributed by atoms with Crippen LogP contribution in [0, 0.1) is 0 Å². The molecule has 0 aliphatic heterocycles. The van der Waals surface area contributed by atoms with Crippen LogP contribution in [0.15, 0.2) is 83.8 Å². The molecule has 0 radical (unpaired) electrons. The van der Waals surface area contributed by atoms with Crippen molar-refractivity contribution in [3.8, 4) is 34.3 Å². The van der Waals surface area contributed by atoms with Crippen LogP contribution in [0.3, 0.4) is 0 Å². The number of aliphatic hydroxyl groups is 1. The van der Waals surface area contributed by atoms with Crippen LogP contribution < -0.4 is 4.74 Å². The normalized spacial score (nSPS) is 11.7. The first-order valence-electron chi connectivity index (χ1n) is 11.6. The number of aryl methyl sites for hydroxylation is 1. The molecule has 1 heterocycles. The maximum Gasteiger partial charge on any atom is 0.181 e. The van der Waals surface area contributed by atoms with E-state index in [-0.39, 0.29) is 11.5 Å². The van der Waals surface area contributed by atoms with Crippen LogP contribution in [-0.2, 0) is 16.4 Å². The summed E-state index contributed by atoms with van der Waals surface area (Å²) in [6.07, 6.45) is 1.39. The summed E-state index contributed by atoms with van der Waals surface area (Å²) >= 11 is 0. The molecule has 0 spiro atoms. The first-order chi connectivity index (χ1) is 16.9. The topological polar surface area (TPSA) is 94.3 Å². The number of rotatable bonds is 10. The zero-order chi connectivity index (χ0) is 24.8. The molecule has 1 aromatic heterocycles. The van der Waals surface area contributed by atoms with Gasteiger partial charge in [-0.05, 0) is 75.2 Å². The smallest absolute Gasteiger partial charge is 0.181 e. The molecule has 0 saturated heterocycles. The summed E-state index contributed by atoms with van der Waals surface area (Å²) in [6, 6.07) is 23.9. The number of ether oxygens (including phenoxy) is 1. The highest BCUT2D eigenvalue weighted by molar-refractivity contribution is 7.92. The zero-order valence-corrected chi connectivity index (χ0v) is 20.6. The van der Waals surface area contributed by atoms with Gasteiger partial charge in [-0.25, -0.2) is 18.1 Å². The van der Waals surface area contributed by atoms with Crippen LogP contribution >= 0.6 is 0 Å². The van der Waals surface area contributed by atoms with Gasteiger partial charge in [-0.3, -0.25) is 0 Å². The third kappa shape index (κ3) is 5.78. The number of aromatic nitrogens is 3. The van der Waals surface area contributed by atoms with Crippen LogP contribution in [0.25, 0.3) is 22.8 Å². The number of hydrogen-bond donors (Lipinski definition) is 1. The van der Waals surface area contributed by atoms with Gasteiger partial charge in [-0.15, -0.1) is 0 Å². The predicted octanol–water partition coefficient (Wildman–Crippen LogP) is 5.36. The molecule has 4 rings (SSSR count). The summed E-state index contributed by atoms with van der Waals surface area (Å²) in [7, 11) is -3.36. The molecule has 3 aromatic carbocycles. The zero-order valence-electron chi connectivity index (χ0n) is 19.8. The second kappa shape index (κ2) is 10.8. The lowest BCUT2D eigenvalue weighted by Gasteiger charge is -2.09. The Labute approximate surface area is 206 Å². The van der Waals surface area contributed by atoms with Crippen molar-refractivity contribution in [1.29, 1.82) is 0 Å². The first kappa shape index (κ1) is 24.6. The lowest BCUT2D eigenvalue weighted by Crippen LogP contribution is -2.13. The summed E-state index contributed by atoms with van der Waals surface area (Å²) in [5.74, 6) is 2.60. The van der Waals surface area contributed by atoms with Gasteiger partial charge in [0.05, 0.1) is 10.1 Å². The summed E-state index contributed by atoms with van der Waals surface area (Å²) in [5.41, 5.74) is 1.58. The van der Waals surface area contributed by atoms with Gasteiger partial charge in [0.15, 0.2) is 21.5 Å². The number of aliphatic hydroxyl groups excluding tert-OH is 1. The highest BCUT2D eigenvalue weighted by atomic mass is 32.2. The Hall–Kier alpha value is -3.49. The molecule has 182 valence electrons. The van der Waals surface area contributed by atoms with E-state index in [1.165, 1.54) is 0 Å². The molecule has 35 heavy (non-hydrogen) atoms. The van der Waals surface area contributed by atoms with Crippen LogP contribution in [-0.4, -0.2) is 40.1 Å². The average molecular weight is 492 g/mol. The molecular formula is C27H29N3O4S. The number of nitrogens with zero attached hydrogens (tertiary/aromatic N) is 3. The second-order valence-corrected chi connectivity index (χ2v) is 11.0. The molecule has 4 aromatic rings. The molecule has 8 heteroatoms. The van der Waals surface area contributed by atoms with Gasteiger partial charge >= 0.3 is 0 Å². The van der Waals surface area contributed by atoms with E-state index in [2.05, 4.69) is 0 Å². The Morgan fingerprint density at radius 1 is 0.886 bits per heavy atom. The van der Waals surface area contributed by atoms with Gasteiger partial charge in [-0.2, -0.15) is 5.10 Å². The van der Waals surface area contributed by atoms with Crippen molar-refractivity contribution < 1.29 is 18.3 Å². The molecule has 0 aliphatic rings. The van der Waals surface area contributed by atoms with Crippen LogP contribution in [0.4, 0.5) is 0 Å². The monoisotopic (exact) mass is 491 g/mol. The molecule has 0 amide bonds. The van der Waals surface area contributed by atoms with E-state index in [4.69, 9.17) is 14.8 Å². The fourth-order valence-electron chi connectivity index (χ4n) is 3.60. The third-order valence-corrected chi connectivity index (χ3v) is 7.75. The van der Waals surface area contributed by atoms with Gasteiger partial charge in [0, 0.05) is 24.3 Å². The predicted molar refractivity (Wildman–Crippen MR) is 136 cm³/mol. The van der Waals surface area contributed by atoms with Crippen molar-refractivity contribution in [2.24, 2.45) is 0 Å². The summed E-state index contributed by atoms with van der Waals surface area (Å²) < 4.78 is 32.8. The lowest BCUT2D eigenvalue weighted by atomic mass is 10.2. The van der Waals surface area contributed by atoms with E-state index in [1.54, 1.807) is 38.1 Å². The Bertz CT molecular complexity index is 1370. The molecule has 0 saturated carbocycles. The Morgan fingerprint density at radius 3 is 2.29 bits per heavy atom. The molecule has 0 unspecified atom stereocenters. The third-order valence-electron chi connectivity index (χ3n) is 5.58. The number of unbranched alkanes of at least 4 members (excludes halogenated alkanes) is 1. The highest BCUT2D eigenvalue weighted by Gasteiger charge is 2.20. The summed E-state index contributed by atoms with van der Waals surface area (Å²) in [4.78, 5) is 5.07. The minimum absolute atomic E-state index is 0.109. The second-order valence-electron chi connectivity index (χ2n) is 8.47. The standard InChI is InChI=1S/C27H29N3O4S/c1-20(2)35(32,33)25-15-13-21(14-16-25)27-28-26(29-30(27)17-6-7-18-31)22-9-8-12-24(19-22)34-23-10-4-3-5-11-23/h3-5,8-16,19-20,31H,6-7,17-18H2,1-2H3. The number of para-hydroxylation sites is 1. The summed E-state index contributed by atoms with van der Waals surface area (Å²) in [5, 5.41) is 13.4. The van der Waals surface area contributed by atoms with Gasteiger partial charge in [0.1, 0.15) is 11.5 Å². The molecule has 7 nitrogen and oxygen atoms in total. The molecule has 0 bridgehead atoms. The fraction of sp³-hybridized carbons (Fsp3) is 0.259. The van der Waals surface area contributed by atoms with E-state index < -0.39 is 15.1 Å². The average Bonchev–Trinajstić information content (AvgIpc) is 3.29. The van der Waals surface area contributed by atoms with Crippen molar-refractivity contribution in [1.82, 2.24) is 14.8 Å². The Morgan fingerprint density at radius 2 is 1.60 bits per heavy atom. The van der Waals surface area contributed by atoms with Crippen LogP contribution in [0.1, 0.15) is 26.7 Å². The van der Waals surface area contributed by atoms with Crippen molar-refractivity contribution in [2.75, 3.05) is 6.61 Å². The minimum Gasteiger partial charge on any atom is -0.457 e. The Balaban J connectivity index is 1.67. The van der Waals surface area contributed by atoms with Crippen molar-refractivity contribution in [2.45, 2.75) is 43.4 Å². The molecular weight excluding hydrogens is 462 g/mol. The van der Waals surface area contributed by atoms with Gasteiger partial charge in [-0.1, -0.05) is 30.3 Å². The maximum absolute atomic E-state index is 12.5. The van der Waals surface area contributed by atoms with Gasteiger partial charge in [0.2, 0.25) is 0 Å². The number of benzene rings is 3.